The molecule has 0 aliphatic heterocycles. The van der Waals surface area contributed by atoms with Gasteiger partial charge in [0.15, 0.2) is 5.16 Å². The molecular formula is C18H13F4N3OS2. The van der Waals surface area contributed by atoms with Crippen molar-refractivity contribution in [3.05, 3.63) is 64.9 Å². The summed E-state index contributed by atoms with van der Waals surface area (Å²) in [6.45, 7) is 0.184. The predicted molar refractivity (Wildman–Crippen MR) is 99.3 cm³/mol. The first kappa shape index (κ1) is 20.3. The third-order valence-corrected chi connectivity index (χ3v) is 5.24. The van der Waals surface area contributed by atoms with Crippen molar-refractivity contribution in [2.75, 3.05) is 5.75 Å². The number of hydrogen-bond donors (Lipinski definition) is 1. The van der Waals surface area contributed by atoms with Crippen molar-refractivity contribution in [2.45, 2.75) is 17.9 Å². The highest BCUT2D eigenvalue weighted by molar-refractivity contribution is 7.99. The van der Waals surface area contributed by atoms with Crippen LogP contribution in [0, 0.1) is 5.82 Å². The standard InChI is InChI=1S/C18H13F4N3OS2/c19-12-5-3-11(4-6-12)9-23-16(26)10-28-17-24-13(14-2-1-7-27-14)8-15(25-17)18(20,21)22/h1-8H,9-10H2,(H,23,26). The topological polar surface area (TPSA) is 54.9 Å². The minimum Gasteiger partial charge on any atom is -0.351 e. The molecule has 2 heterocycles. The van der Waals surface area contributed by atoms with Gasteiger partial charge in [-0.25, -0.2) is 14.4 Å². The van der Waals surface area contributed by atoms with Crippen molar-refractivity contribution in [2.24, 2.45) is 0 Å². The van der Waals surface area contributed by atoms with Crippen LogP contribution in [0.2, 0.25) is 0 Å². The molecule has 3 aromatic rings. The number of aromatic nitrogens is 2. The van der Waals surface area contributed by atoms with Gasteiger partial charge in [-0.15, -0.1) is 11.3 Å². The Hall–Kier alpha value is -2.46. The summed E-state index contributed by atoms with van der Waals surface area (Å²) in [6, 6.07) is 9.89. The monoisotopic (exact) mass is 427 g/mol. The number of thioether (sulfide) groups is 1. The summed E-state index contributed by atoms with van der Waals surface area (Å²) in [6.07, 6.45) is -4.62. The molecule has 0 aliphatic rings. The third-order valence-electron chi connectivity index (χ3n) is 3.50. The molecular weight excluding hydrogens is 414 g/mol. The number of thiophene rings is 1. The number of carbonyl (C=O) groups excluding carboxylic acids is 1. The lowest BCUT2D eigenvalue weighted by atomic mass is 10.2. The molecule has 146 valence electrons. The number of nitrogens with one attached hydrogen (secondary N) is 1. The van der Waals surface area contributed by atoms with E-state index in [1.807, 2.05) is 0 Å². The van der Waals surface area contributed by atoms with Crippen molar-refractivity contribution in [3.63, 3.8) is 0 Å². The minimum absolute atomic E-state index is 0.129. The van der Waals surface area contributed by atoms with Crippen molar-refractivity contribution in [3.8, 4) is 10.6 Å². The molecule has 0 spiro atoms. The summed E-state index contributed by atoms with van der Waals surface area (Å²) in [7, 11) is 0. The molecule has 1 aromatic carbocycles. The minimum atomic E-state index is -4.62. The van der Waals surface area contributed by atoms with E-state index in [0.717, 1.165) is 17.8 Å². The number of amides is 1. The van der Waals surface area contributed by atoms with E-state index in [2.05, 4.69) is 15.3 Å². The summed E-state index contributed by atoms with van der Waals surface area (Å²) in [4.78, 5) is 20.2. The maximum Gasteiger partial charge on any atom is 0.433 e. The highest BCUT2D eigenvalue weighted by Gasteiger charge is 2.34. The van der Waals surface area contributed by atoms with Crippen LogP contribution in [0.15, 0.2) is 53.0 Å². The van der Waals surface area contributed by atoms with Crippen LogP contribution in [0.3, 0.4) is 0 Å². The SMILES string of the molecule is O=C(CSc1nc(-c2cccs2)cc(C(F)(F)F)n1)NCc1ccc(F)cc1. The fraction of sp³-hybridized carbons (Fsp3) is 0.167. The molecule has 3 rings (SSSR count). The van der Waals surface area contributed by atoms with E-state index < -0.39 is 17.8 Å². The summed E-state index contributed by atoms with van der Waals surface area (Å²) in [5, 5.41) is 4.22. The van der Waals surface area contributed by atoms with Gasteiger partial charge in [0.25, 0.3) is 0 Å². The highest BCUT2D eigenvalue weighted by Crippen LogP contribution is 2.33. The number of alkyl halides is 3. The van der Waals surface area contributed by atoms with Crippen molar-refractivity contribution < 1.29 is 22.4 Å². The van der Waals surface area contributed by atoms with Gasteiger partial charge < -0.3 is 5.32 Å². The fourth-order valence-electron chi connectivity index (χ4n) is 2.17. The van der Waals surface area contributed by atoms with Gasteiger partial charge in [0.2, 0.25) is 5.91 Å². The molecule has 0 radical (unpaired) electrons. The molecule has 0 saturated heterocycles. The molecule has 0 aliphatic carbocycles. The average Bonchev–Trinajstić information content (AvgIpc) is 3.20. The molecule has 2 aromatic heterocycles. The van der Waals surface area contributed by atoms with Crippen molar-refractivity contribution >= 4 is 29.0 Å². The molecule has 0 bridgehead atoms. The van der Waals surface area contributed by atoms with Gasteiger partial charge in [-0.3, -0.25) is 4.79 Å². The quantitative estimate of drug-likeness (QED) is 0.350. The molecule has 10 heteroatoms. The molecule has 1 amide bonds. The van der Waals surface area contributed by atoms with Crippen LogP contribution in [0.1, 0.15) is 11.3 Å². The highest BCUT2D eigenvalue weighted by atomic mass is 32.2. The van der Waals surface area contributed by atoms with Gasteiger partial charge in [-0.2, -0.15) is 13.2 Å². The second kappa shape index (κ2) is 8.70. The number of benzene rings is 1. The zero-order valence-corrected chi connectivity index (χ0v) is 15.8. The first-order valence-corrected chi connectivity index (χ1v) is 9.82. The number of hydrogen-bond acceptors (Lipinski definition) is 5. The van der Waals surface area contributed by atoms with E-state index in [4.69, 9.17) is 0 Å². The van der Waals surface area contributed by atoms with E-state index in [0.29, 0.717) is 10.4 Å². The summed E-state index contributed by atoms with van der Waals surface area (Å²) in [5.74, 6) is -0.922. The second-order valence-electron chi connectivity index (χ2n) is 5.59. The van der Waals surface area contributed by atoms with Gasteiger partial charge in [0, 0.05) is 6.54 Å². The predicted octanol–water partition coefficient (Wildman–Crippen LogP) is 4.77. The Kier molecular flexibility index (Phi) is 6.30. The fourth-order valence-corrected chi connectivity index (χ4v) is 3.54. The molecule has 0 atom stereocenters. The van der Waals surface area contributed by atoms with Crippen molar-refractivity contribution in [1.29, 1.82) is 0 Å². The van der Waals surface area contributed by atoms with Crippen molar-refractivity contribution in [1.82, 2.24) is 15.3 Å². The summed E-state index contributed by atoms with van der Waals surface area (Å²) >= 11 is 2.08. The molecule has 4 nitrogen and oxygen atoms in total. The molecule has 1 N–H and O–H groups in total. The Balaban J connectivity index is 1.66. The van der Waals surface area contributed by atoms with E-state index in [1.165, 1.54) is 35.6 Å². The first-order chi connectivity index (χ1) is 13.3. The maximum absolute atomic E-state index is 13.1. The van der Waals surface area contributed by atoms with E-state index >= 15 is 0 Å². The number of halogens is 4. The lowest BCUT2D eigenvalue weighted by Gasteiger charge is -2.10. The maximum atomic E-state index is 13.1. The van der Waals surface area contributed by atoms with Crippen LogP contribution < -0.4 is 5.32 Å². The number of rotatable bonds is 6. The first-order valence-electron chi connectivity index (χ1n) is 7.95. The van der Waals surface area contributed by atoms with Gasteiger partial charge in [0.05, 0.1) is 16.3 Å². The van der Waals surface area contributed by atoms with Crippen LogP contribution in [-0.2, 0) is 17.5 Å². The third kappa shape index (κ3) is 5.52. The molecule has 28 heavy (non-hydrogen) atoms. The van der Waals surface area contributed by atoms with Crippen LogP contribution >= 0.6 is 23.1 Å². The Labute approximate surface area is 166 Å². The lowest BCUT2D eigenvalue weighted by Crippen LogP contribution is -2.24. The Bertz CT molecular complexity index is 944. The lowest BCUT2D eigenvalue weighted by molar-refractivity contribution is -0.141. The molecule has 0 unspecified atom stereocenters. The summed E-state index contributed by atoms with van der Waals surface area (Å²) < 4.78 is 52.2. The summed E-state index contributed by atoms with van der Waals surface area (Å²) in [5.41, 5.74) is -0.193. The number of nitrogens with zero attached hydrogens (tertiary/aromatic N) is 2. The zero-order chi connectivity index (χ0) is 20.1. The van der Waals surface area contributed by atoms with Gasteiger partial charge >= 0.3 is 6.18 Å². The largest absolute Gasteiger partial charge is 0.433 e. The zero-order valence-electron chi connectivity index (χ0n) is 14.2. The Morgan fingerprint density at radius 3 is 2.54 bits per heavy atom. The normalized spacial score (nSPS) is 11.4. The van der Waals surface area contributed by atoms with Gasteiger partial charge in [0.1, 0.15) is 11.5 Å². The van der Waals surface area contributed by atoms with Gasteiger partial charge in [-0.1, -0.05) is 30.0 Å². The van der Waals surface area contributed by atoms with Crippen LogP contribution in [-0.4, -0.2) is 21.6 Å². The Morgan fingerprint density at radius 1 is 1.14 bits per heavy atom. The smallest absolute Gasteiger partial charge is 0.351 e. The van der Waals surface area contributed by atoms with Gasteiger partial charge in [-0.05, 0) is 35.2 Å². The van der Waals surface area contributed by atoms with Crippen LogP contribution in [0.4, 0.5) is 17.6 Å². The van der Waals surface area contributed by atoms with Crippen LogP contribution in [0.5, 0.6) is 0 Å². The molecule has 0 saturated carbocycles. The van der Waals surface area contributed by atoms with E-state index in [9.17, 15) is 22.4 Å². The van der Waals surface area contributed by atoms with E-state index in [-0.39, 0.29) is 29.0 Å². The number of carbonyl (C=O) groups is 1. The molecule has 0 fully saturated rings. The van der Waals surface area contributed by atoms with E-state index in [1.54, 1.807) is 17.5 Å². The van der Waals surface area contributed by atoms with Crippen LogP contribution in [0.25, 0.3) is 10.6 Å². The second-order valence-corrected chi connectivity index (χ2v) is 7.48. The average molecular weight is 427 g/mol. The Morgan fingerprint density at radius 2 is 1.89 bits per heavy atom.